The van der Waals surface area contributed by atoms with Gasteiger partial charge in [0.2, 0.25) is 5.88 Å². The van der Waals surface area contributed by atoms with Crippen LogP contribution in [0, 0.1) is 0 Å². The van der Waals surface area contributed by atoms with Crippen LogP contribution in [0.3, 0.4) is 0 Å². The lowest BCUT2D eigenvalue weighted by atomic mass is 10.2. The van der Waals surface area contributed by atoms with Crippen molar-refractivity contribution in [2.45, 2.75) is 6.36 Å². The Bertz CT molecular complexity index is 392. The maximum atomic E-state index is 11.7. The minimum absolute atomic E-state index is 0.350. The SMILES string of the molecule is Nc1cc(OC(F)(F)F)ncc1C(=O)O. The molecule has 8 heteroatoms. The molecule has 0 spiro atoms. The van der Waals surface area contributed by atoms with Crippen LogP contribution >= 0.6 is 0 Å². The molecule has 1 aromatic rings. The van der Waals surface area contributed by atoms with E-state index in [-0.39, 0.29) is 11.3 Å². The first kappa shape index (κ1) is 11.1. The highest BCUT2D eigenvalue weighted by Gasteiger charge is 2.32. The lowest BCUT2D eigenvalue weighted by Crippen LogP contribution is -2.18. The molecule has 0 unspecified atom stereocenters. The average molecular weight is 222 g/mol. The molecule has 1 aromatic heterocycles. The van der Waals surface area contributed by atoms with Crippen LogP contribution in [0.5, 0.6) is 5.88 Å². The van der Waals surface area contributed by atoms with E-state index in [9.17, 15) is 18.0 Å². The zero-order chi connectivity index (χ0) is 11.6. The number of hydrogen-bond donors (Lipinski definition) is 2. The van der Waals surface area contributed by atoms with Gasteiger partial charge in [-0.1, -0.05) is 0 Å². The number of pyridine rings is 1. The summed E-state index contributed by atoms with van der Waals surface area (Å²) in [6, 6.07) is 0.691. The summed E-state index contributed by atoms with van der Waals surface area (Å²) in [6.45, 7) is 0. The van der Waals surface area contributed by atoms with Gasteiger partial charge < -0.3 is 15.6 Å². The fraction of sp³-hybridized carbons (Fsp3) is 0.143. The van der Waals surface area contributed by atoms with Crippen LogP contribution in [0.4, 0.5) is 18.9 Å². The molecule has 3 N–H and O–H groups in total. The molecule has 1 rings (SSSR count). The van der Waals surface area contributed by atoms with Crippen molar-refractivity contribution >= 4 is 11.7 Å². The Hall–Kier alpha value is -1.99. The number of nitrogen functional groups attached to an aromatic ring is 1. The summed E-state index contributed by atoms with van der Waals surface area (Å²) in [5, 5.41) is 8.51. The number of alkyl halides is 3. The number of nitrogens with zero attached hydrogens (tertiary/aromatic N) is 1. The standard InChI is InChI=1S/C7H5F3N2O3/c8-7(9,10)15-5-1-4(11)3(2-12-5)6(13)14/h1-2H,(H2,11,12)(H,13,14). The number of hydrogen-bond acceptors (Lipinski definition) is 4. The summed E-state index contributed by atoms with van der Waals surface area (Å²) < 4.78 is 38.6. The molecule has 0 saturated carbocycles. The van der Waals surface area contributed by atoms with Crippen LogP contribution in [-0.2, 0) is 0 Å². The Morgan fingerprint density at radius 3 is 2.53 bits per heavy atom. The second kappa shape index (κ2) is 3.64. The van der Waals surface area contributed by atoms with Gasteiger partial charge in [0.25, 0.3) is 0 Å². The number of nitrogens with two attached hydrogens (primary N) is 1. The molecule has 0 radical (unpaired) electrons. The zero-order valence-corrected chi connectivity index (χ0v) is 7.08. The van der Waals surface area contributed by atoms with Crippen LogP contribution in [0.2, 0.25) is 0 Å². The van der Waals surface area contributed by atoms with Gasteiger partial charge in [-0.25, -0.2) is 9.78 Å². The minimum atomic E-state index is -4.88. The molecular formula is C7H5F3N2O3. The third kappa shape index (κ3) is 3.01. The average Bonchev–Trinajstić information content (AvgIpc) is 1.99. The van der Waals surface area contributed by atoms with E-state index in [0.717, 1.165) is 0 Å². The smallest absolute Gasteiger partial charge is 0.478 e. The van der Waals surface area contributed by atoms with Crippen molar-refractivity contribution in [2.24, 2.45) is 0 Å². The van der Waals surface area contributed by atoms with Gasteiger partial charge in [0.1, 0.15) is 5.56 Å². The van der Waals surface area contributed by atoms with Crippen molar-refractivity contribution in [1.82, 2.24) is 4.98 Å². The van der Waals surface area contributed by atoms with Crippen LogP contribution in [-0.4, -0.2) is 22.4 Å². The largest absolute Gasteiger partial charge is 0.574 e. The minimum Gasteiger partial charge on any atom is -0.478 e. The van der Waals surface area contributed by atoms with E-state index in [4.69, 9.17) is 10.8 Å². The van der Waals surface area contributed by atoms with E-state index >= 15 is 0 Å². The maximum Gasteiger partial charge on any atom is 0.574 e. The molecule has 15 heavy (non-hydrogen) atoms. The van der Waals surface area contributed by atoms with E-state index in [1.165, 1.54) is 0 Å². The van der Waals surface area contributed by atoms with Crippen LogP contribution in [0.25, 0.3) is 0 Å². The van der Waals surface area contributed by atoms with Gasteiger partial charge in [0.05, 0.1) is 5.69 Å². The van der Waals surface area contributed by atoms with Gasteiger partial charge in [-0.3, -0.25) is 0 Å². The summed E-state index contributed by atoms with van der Waals surface area (Å²) in [7, 11) is 0. The van der Waals surface area contributed by atoms with Crippen LogP contribution in [0.15, 0.2) is 12.3 Å². The number of carboxylic acids is 1. The molecule has 0 aliphatic rings. The molecule has 0 atom stereocenters. The third-order valence-corrected chi connectivity index (χ3v) is 1.36. The summed E-state index contributed by atoms with van der Waals surface area (Å²) in [5.41, 5.74) is 4.44. The quantitative estimate of drug-likeness (QED) is 0.786. The van der Waals surface area contributed by atoms with Crippen molar-refractivity contribution in [3.05, 3.63) is 17.8 Å². The molecule has 5 nitrogen and oxygen atoms in total. The maximum absolute atomic E-state index is 11.7. The molecule has 0 bridgehead atoms. The predicted molar refractivity (Wildman–Crippen MR) is 42.3 cm³/mol. The summed E-state index contributed by atoms with van der Waals surface area (Å²) in [5.74, 6) is -2.18. The van der Waals surface area contributed by atoms with Gasteiger partial charge in [0.15, 0.2) is 0 Å². The second-order valence-electron chi connectivity index (χ2n) is 2.46. The van der Waals surface area contributed by atoms with Crippen LogP contribution in [0.1, 0.15) is 10.4 Å². The lowest BCUT2D eigenvalue weighted by molar-refractivity contribution is -0.276. The molecule has 0 fully saturated rings. The van der Waals surface area contributed by atoms with Gasteiger partial charge in [0, 0.05) is 12.3 Å². The highest BCUT2D eigenvalue weighted by atomic mass is 19.4. The monoisotopic (exact) mass is 222 g/mol. The summed E-state index contributed by atoms with van der Waals surface area (Å²) in [6.07, 6.45) is -4.19. The Labute approximate surface area is 81.3 Å². The van der Waals surface area contributed by atoms with E-state index < -0.39 is 18.2 Å². The molecule has 1 heterocycles. The number of aromatic nitrogens is 1. The lowest BCUT2D eigenvalue weighted by Gasteiger charge is -2.08. The van der Waals surface area contributed by atoms with Crippen molar-refractivity contribution in [1.29, 1.82) is 0 Å². The Morgan fingerprint density at radius 1 is 1.53 bits per heavy atom. The number of aromatic carboxylic acids is 1. The number of carbonyl (C=O) groups is 1. The first-order chi connectivity index (χ1) is 6.79. The highest BCUT2D eigenvalue weighted by Crippen LogP contribution is 2.23. The van der Waals surface area contributed by atoms with Gasteiger partial charge >= 0.3 is 12.3 Å². The van der Waals surface area contributed by atoms with E-state index in [1.54, 1.807) is 0 Å². The van der Waals surface area contributed by atoms with Crippen molar-refractivity contribution < 1.29 is 27.8 Å². The zero-order valence-electron chi connectivity index (χ0n) is 7.08. The fourth-order valence-corrected chi connectivity index (χ4v) is 0.804. The van der Waals surface area contributed by atoms with Gasteiger partial charge in [-0.05, 0) is 0 Å². The van der Waals surface area contributed by atoms with Gasteiger partial charge in [-0.2, -0.15) is 0 Å². The number of rotatable bonds is 2. The predicted octanol–water partition coefficient (Wildman–Crippen LogP) is 1.26. The molecule has 0 amide bonds. The Balaban J connectivity index is 2.97. The number of carboxylic acid groups (broad SMARTS) is 1. The third-order valence-electron chi connectivity index (χ3n) is 1.36. The van der Waals surface area contributed by atoms with Gasteiger partial charge in [-0.15, -0.1) is 13.2 Å². The fourth-order valence-electron chi connectivity index (χ4n) is 0.804. The highest BCUT2D eigenvalue weighted by molar-refractivity contribution is 5.93. The first-order valence-corrected chi connectivity index (χ1v) is 3.54. The van der Waals surface area contributed by atoms with Crippen LogP contribution < -0.4 is 10.5 Å². The second-order valence-corrected chi connectivity index (χ2v) is 2.46. The molecule has 0 saturated heterocycles. The van der Waals surface area contributed by atoms with Crippen molar-refractivity contribution in [3.63, 3.8) is 0 Å². The normalized spacial score (nSPS) is 11.1. The summed E-state index contributed by atoms with van der Waals surface area (Å²) in [4.78, 5) is 13.6. The van der Waals surface area contributed by atoms with Crippen molar-refractivity contribution in [2.75, 3.05) is 5.73 Å². The van der Waals surface area contributed by atoms with E-state index in [2.05, 4.69) is 9.72 Å². The molecule has 0 aliphatic carbocycles. The molecule has 0 aromatic carbocycles. The molecular weight excluding hydrogens is 217 g/mol. The summed E-state index contributed by atoms with van der Waals surface area (Å²) >= 11 is 0. The van der Waals surface area contributed by atoms with E-state index in [1.807, 2.05) is 0 Å². The Kier molecular flexibility index (Phi) is 2.69. The van der Waals surface area contributed by atoms with Crippen molar-refractivity contribution in [3.8, 4) is 5.88 Å². The molecule has 0 aliphatic heterocycles. The number of ether oxygens (including phenoxy) is 1. The van der Waals surface area contributed by atoms with E-state index in [0.29, 0.717) is 12.3 Å². The number of halogens is 3. The molecule has 82 valence electrons. The topological polar surface area (TPSA) is 85.4 Å². The Morgan fingerprint density at radius 2 is 2.13 bits per heavy atom. The number of anilines is 1. The first-order valence-electron chi connectivity index (χ1n) is 3.54.